The number of halogens is 2. The van der Waals surface area contributed by atoms with Crippen molar-refractivity contribution in [3.8, 4) is 0 Å². The van der Waals surface area contributed by atoms with Gasteiger partial charge in [0.05, 0.1) is 0 Å². The summed E-state index contributed by atoms with van der Waals surface area (Å²) < 4.78 is 9.80. The van der Waals surface area contributed by atoms with E-state index in [1.54, 1.807) is 14.2 Å². The minimum absolute atomic E-state index is 0.0807. The van der Waals surface area contributed by atoms with Crippen LogP contribution in [0.1, 0.15) is 13.8 Å². The molecule has 7 heteroatoms. The Morgan fingerprint density at radius 1 is 1.07 bits per heavy atom. The van der Waals surface area contributed by atoms with Crippen LogP contribution >= 0.6 is 18.8 Å². The first-order chi connectivity index (χ1) is 6.62. The number of methoxy groups -OCH3 is 2. The van der Waals surface area contributed by atoms with Crippen LogP contribution in [0.5, 0.6) is 0 Å². The molecule has 0 aliphatic carbocycles. The molecule has 0 spiro atoms. The quantitative estimate of drug-likeness (QED) is 0.656. The van der Waals surface area contributed by atoms with E-state index in [0.717, 1.165) is 0 Å². The maximum absolute atomic E-state index is 4.90. The average molecular weight is 426 g/mol. The van der Waals surface area contributed by atoms with Gasteiger partial charge in [-0.25, -0.2) is 0 Å². The molecule has 0 saturated heterocycles. The van der Waals surface area contributed by atoms with Gasteiger partial charge in [0.25, 0.3) is 0 Å². The Labute approximate surface area is 102 Å². The number of hydrogen-bond donors (Lipinski definition) is 0. The van der Waals surface area contributed by atoms with Crippen LogP contribution < -0.4 is 0 Å². The van der Waals surface area contributed by atoms with Gasteiger partial charge < -0.3 is 20.1 Å². The summed E-state index contributed by atoms with van der Waals surface area (Å²) in [5.41, 5.74) is 0. The zero-order chi connectivity index (χ0) is 11.4. The predicted molar refractivity (Wildman–Crippen MR) is 56.2 cm³/mol. The van der Waals surface area contributed by atoms with E-state index in [0.29, 0.717) is 6.67 Å². The third-order valence-corrected chi connectivity index (χ3v) is 1.36. The van der Waals surface area contributed by atoms with Crippen molar-refractivity contribution in [2.45, 2.75) is 26.3 Å². The standard InChI is InChI=1S/C7H16N2O2.2ClH.Pt/c1-6(10-3)8-5-9-7(2)11-4;;;/h6-7H,5H2,1-4H3;2*1H;/q-2;;;+4/p-2/t6-,7+;;;. The molecule has 0 aliphatic heterocycles. The van der Waals surface area contributed by atoms with E-state index in [4.69, 9.17) is 28.3 Å². The monoisotopic (exact) mass is 425 g/mol. The summed E-state index contributed by atoms with van der Waals surface area (Å²) in [6.07, 6.45) is -0.161. The van der Waals surface area contributed by atoms with Crippen LogP contribution in [-0.2, 0) is 26.0 Å². The van der Waals surface area contributed by atoms with Crippen LogP contribution in [0.4, 0.5) is 0 Å². The zero-order valence-corrected chi connectivity index (χ0v) is 12.4. The fourth-order valence-corrected chi connectivity index (χ4v) is 0.426. The molecule has 0 heterocycles. The van der Waals surface area contributed by atoms with Crippen molar-refractivity contribution < 1.29 is 26.0 Å². The Morgan fingerprint density at radius 3 is 1.57 bits per heavy atom. The molecule has 0 N–H and O–H groups in total. The first-order valence-corrected chi connectivity index (χ1v) is 9.46. The normalized spacial score (nSPS) is 14.4. The van der Waals surface area contributed by atoms with Gasteiger partial charge >= 0.3 is 35.3 Å². The molecule has 2 atom stereocenters. The number of rotatable bonds is 6. The minimum atomic E-state index is -0.472. The number of ether oxygens (including phenoxy) is 2. The first-order valence-electron chi connectivity index (χ1n) is 3.83. The van der Waals surface area contributed by atoms with Gasteiger partial charge in [-0.3, -0.25) is 6.67 Å². The summed E-state index contributed by atoms with van der Waals surface area (Å²) in [5.74, 6) is 0. The van der Waals surface area contributed by atoms with Crippen LogP contribution in [0.2, 0.25) is 0 Å². The van der Waals surface area contributed by atoms with Gasteiger partial charge in [0.15, 0.2) is 0 Å². The Kier molecular flexibility index (Phi) is 17.6. The molecule has 14 heavy (non-hydrogen) atoms. The third kappa shape index (κ3) is 15.6. The molecule has 0 unspecified atom stereocenters. The van der Waals surface area contributed by atoms with E-state index in [2.05, 4.69) is 10.6 Å². The van der Waals surface area contributed by atoms with Gasteiger partial charge in [0.1, 0.15) is 0 Å². The summed E-state index contributed by atoms with van der Waals surface area (Å²) in [4.78, 5) is 0. The molecule has 0 amide bonds. The molecular weight excluding hydrogens is 410 g/mol. The van der Waals surface area contributed by atoms with Crippen molar-refractivity contribution in [1.82, 2.24) is 0 Å². The molecular formula is C7H16Cl2N2O2Pt. The maximum atomic E-state index is 4.90. The number of hydrogen-bond acceptors (Lipinski definition) is 2. The van der Waals surface area contributed by atoms with Crippen molar-refractivity contribution in [2.24, 2.45) is 0 Å². The van der Waals surface area contributed by atoms with Crippen LogP contribution in [0.15, 0.2) is 0 Å². The van der Waals surface area contributed by atoms with Gasteiger partial charge in [-0.05, 0) is 12.5 Å². The Balaban J connectivity index is 0. The second kappa shape index (κ2) is 14.1. The second-order valence-corrected chi connectivity index (χ2v) is 5.50. The third-order valence-electron chi connectivity index (χ3n) is 1.36. The van der Waals surface area contributed by atoms with E-state index in [-0.39, 0.29) is 12.5 Å². The van der Waals surface area contributed by atoms with Gasteiger partial charge in [0, 0.05) is 14.2 Å². The predicted octanol–water partition coefficient (Wildman–Crippen LogP) is 3.05. The van der Waals surface area contributed by atoms with Crippen LogP contribution in [0.3, 0.4) is 0 Å². The Hall–Kier alpha value is 1.11. The molecule has 0 rings (SSSR count). The molecule has 0 aromatic heterocycles. The van der Waals surface area contributed by atoms with Crippen LogP contribution in [-0.4, -0.2) is 33.3 Å². The second-order valence-electron chi connectivity index (χ2n) is 2.22. The zero-order valence-electron chi connectivity index (χ0n) is 8.64. The van der Waals surface area contributed by atoms with Gasteiger partial charge in [-0.15, -0.1) is 0 Å². The van der Waals surface area contributed by atoms with Crippen molar-refractivity contribution in [2.75, 3.05) is 20.9 Å². The Bertz CT molecular complexity index is 104. The fourth-order valence-electron chi connectivity index (χ4n) is 0.426. The molecule has 0 saturated carbocycles. The van der Waals surface area contributed by atoms with Gasteiger partial charge in [0.2, 0.25) is 0 Å². The van der Waals surface area contributed by atoms with Crippen molar-refractivity contribution >= 4 is 18.8 Å². The molecule has 0 fully saturated rings. The average Bonchev–Trinajstić information content (AvgIpc) is 2.18. The number of nitrogens with zero attached hydrogens (tertiary/aromatic N) is 2. The van der Waals surface area contributed by atoms with E-state index in [1.807, 2.05) is 13.8 Å². The van der Waals surface area contributed by atoms with Crippen molar-refractivity contribution in [1.29, 1.82) is 0 Å². The Morgan fingerprint density at radius 2 is 1.36 bits per heavy atom. The topological polar surface area (TPSA) is 46.7 Å². The molecule has 0 aromatic rings. The molecule has 0 aromatic carbocycles. The first kappa shape index (κ1) is 17.5. The fraction of sp³-hybridized carbons (Fsp3) is 1.00. The SMILES string of the molecule is CO[C@H](C)[N-]C[N-][C@H](C)OC.[Cl][Pt+2][Cl]. The summed E-state index contributed by atoms with van der Waals surface area (Å²) in [5, 5.41) is 8.12. The van der Waals surface area contributed by atoms with Crippen LogP contribution in [0, 0.1) is 0 Å². The summed E-state index contributed by atoms with van der Waals surface area (Å²) in [6.45, 7) is 4.17. The van der Waals surface area contributed by atoms with Gasteiger partial charge in [-0.2, -0.15) is 0 Å². The summed E-state index contributed by atoms with van der Waals surface area (Å²) in [7, 11) is 13.0. The molecule has 0 aliphatic rings. The van der Waals surface area contributed by atoms with E-state index in [9.17, 15) is 0 Å². The van der Waals surface area contributed by atoms with Crippen molar-refractivity contribution in [3.05, 3.63) is 10.6 Å². The van der Waals surface area contributed by atoms with Gasteiger partial charge in [-0.1, -0.05) is 13.8 Å². The molecule has 4 nitrogen and oxygen atoms in total. The molecule has 0 radical (unpaired) electrons. The van der Waals surface area contributed by atoms with Crippen molar-refractivity contribution in [3.63, 3.8) is 0 Å². The van der Waals surface area contributed by atoms with E-state index in [1.165, 1.54) is 0 Å². The van der Waals surface area contributed by atoms with Crippen LogP contribution in [0.25, 0.3) is 10.6 Å². The molecule has 90 valence electrons. The summed E-state index contributed by atoms with van der Waals surface area (Å²) >= 11 is -0.472. The van der Waals surface area contributed by atoms with E-state index < -0.39 is 16.5 Å². The molecule has 0 bridgehead atoms. The van der Waals surface area contributed by atoms with E-state index >= 15 is 0 Å². The summed E-state index contributed by atoms with van der Waals surface area (Å²) in [6, 6.07) is 0.